The molecule has 2 nitrogen and oxygen atoms in total. The normalized spacial score (nSPS) is 22.5. The fourth-order valence-corrected chi connectivity index (χ4v) is 3.05. The Labute approximate surface area is 119 Å². The Bertz CT molecular complexity index is 387. The highest BCUT2D eigenvalue weighted by Gasteiger charge is 2.16. The second-order valence-corrected chi connectivity index (χ2v) is 5.78. The van der Waals surface area contributed by atoms with Gasteiger partial charge in [-0.3, -0.25) is 0 Å². The third kappa shape index (κ3) is 3.86. The maximum atomic E-state index is 6.24. The lowest BCUT2D eigenvalue weighted by Gasteiger charge is -2.23. The lowest BCUT2D eigenvalue weighted by Crippen LogP contribution is -2.32. The van der Waals surface area contributed by atoms with Crippen LogP contribution in [0.5, 0.6) is 0 Å². The number of hydrogen-bond acceptors (Lipinski definition) is 2. The van der Waals surface area contributed by atoms with Gasteiger partial charge in [0.05, 0.1) is 0 Å². The van der Waals surface area contributed by atoms with Gasteiger partial charge in [-0.2, -0.15) is 0 Å². The van der Waals surface area contributed by atoms with Crippen LogP contribution in [0.3, 0.4) is 0 Å². The molecule has 0 spiro atoms. The van der Waals surface area contributed by atoms with E-state index in [0.717, 1.165) is 23.7 Å². The molecule has 2 atom stereocenters. The summed E-state index contributed by atoms with van der Waals surface area (Å²) in [4.78, 5) is 0. The van der Waals surface area contributed by atoms with Crippen molar-refractivity contribution in [1.29, 1.82) is 0 Å². The van der Waals surface area contributed by atoms with Gasteiger partial charge in [0.1, 0.15) is 0 Å². The van der Waals surface area contributed by atoms with Crippen LogP contribution in [0.2, 0.25) is 10.0 Å². The summed E-state index contributed by atoms with van der Waals surface area (Å²) >= 11 is 12.2. The zero-order chi connectivity index (χ0) is 13.0. The molecule has 0 amide bonds. The van der Waals surface area contributed by atoms with Crippen molar-refractivity contribution in [1.82, 2.24) is 10.6 Å². The predicted octanol–water partition coefficient (Wildman–Crippen LogP) is 3.79. The number of nitrogens with one attached hydrogen (secondary N) is 2. The molecule has 0 saturated carbocycles. The van der Waals surface area contributed by atoms with Gasteiger partial charge in [-0.05, 0) is 57.0 Å². The molecule has 1 aromatic carbocycles. The Morgan fingerprint density at radius 2 is 2.11 bits per heavy atom. The standard InChI is InChI=1S/C14H20Cl2N2/c1-10(13-5-4-11(15)9-14(13)16)18-12-3-2-7-17-8-6-12/h4-5,9-10,12,17-18H,2-3,6-8H2,1H3. The van der Waals surface area contributed by atoms with E-state index in [0.29, 0.717) is 11.1 Å². The molecule has 0 bridgehead atoms. The van der Waals surface area contributed by atoms with Gasteiger partial charge in [-0.15, -0.1) is 0 Å². The first kappa shape index (κ1) is 14.1. The van der Waals surface area contributed by atoms with Crippen LogP contribution in [0.25, 0.3) is 0 Å². The monoisotopic (exact) mass is 286 g/mol. The average molecular weight is 287 g/mol. The zero-order valence-corrected chi connectivity index (χ0v) is 12.2. The van der Waals surface area contributed by atoms with Crippen molar-refractivity contribution in [3.8, 4) is 0 Å². The minimum Gasteiger partial charge on any atom is -0.317 e. The molecule has 1 aliphatic heterocycles. The molecule has 2 unspecified atom stereocenters. The van der Waals surface area contributed by atoms with Crippen molar-refractivity contribution in [2.45, 2.75) is 38.3 Å². The highest BCUT2D eigenvalue weighted by molar-refractivity contribution is 6.35. The van der Waals surface area contributed by atoms with Crippen molar-refractivity contribution in [2.75, 3.05) is 13.1 Å². The third-order valence-corrected chi connectivity index (χ3v) is 4.05. The Balaban J connectivity index is 1.99. The molecule has 1 fully saturated rings. The van der Waals surface area contributed by atoms with Gasteiger partial charge in [0.25, 0.3) is 0 Å². The molecular formula is C14H20Cl2N2. The van der Waals surface area contributed by atoms with Crippen molar-refractivity contribution in [3.05, 3.63) is 33.8 Å². The number of benzene rings is 1. The van der Waals surface area contributed by atoms with Crippen molar-refractivity contribution in [2.24, 2.45) is 0 Å². The fraction of sp³-hybridized carbons (Fsp3) is 0.571. The van der Waals surface area contributed by atoms with E-state index in [4.69, 9.17) is 23.2 Å². The van der Waals surface area contributed by atoms with Crippen LogP contribution >= 0.6 is 23.2 Å². The lowest BCUT2D eigenvalue weighted by molar-refractivity contribution is 0.421. The van der Waals surface area contributed by atoms with Crippen LogP contribution in [0.4, 0.5) is 0 Å². The van der Waals surface area contributed by atoms with E-state index in [2.05, 4.69) is 17.6 Å². The summed E-state index contributed by atoms with van der Waals surface area (Å²) in [7, 11) is 0. The molecule has 2 N–H and O–H groups in total. The first-order valence-electron chi connectivity index (χ1n) is 6.58. The van der Waals surface area contributed by atoms with Crippen LogP contribution in [0.1, 0.15) is 37.8 Å². The van der Waals surface area contributed by atoms with Crippen LogP contribution in [0.15, 0.2) is 18.2 Å². The first-order valence-corrected chi connectivity index (χ1v) is 7.34. The third-order valence-electron chi connectivity index (χ3n) is 3.49. The molecule has 1 aromatic rings. The van der Waals surface area contributed by atoms with Gasteiger partial charge in [0.2, 0.25) is 0 Å². The van der Waals surface area contributed by atoms with Crippen molar-refractivity contribution in [3.63, 3.8) is 0 Å². The van der Waals surface area contributed by atoms with Crippen molar-refractivity contribution < 1.29 is 0 Å². The van der Waals surface area contributed by atoms with Crippen LogP contribution < -0.4 is 10.6 Å². The molecule has 0 aromatic heterocycles. The molecule has 1 saturated heterocycles. The quantitative estimate of drug-likeness (QED) is 0.884. The minimum absolute atomic E-state index is 0.262. The predicted molar refractivity (Wildman–Crippen MR) is 78.5 cm³/mol. The van der Waals surface area contributed by atoms with Gasteiger partial charge < -0.3 is 10.6 Å². The van der Waals surface area contributed by atoms with E-state index in [1.165, 1.54) is 19.3 Å². The van der Waals surface area contributed by atoms with E-state index >= 15 is 0 Å². The molecule has 1 heterocycles. The van der Waals surface area contributed by atoms with E-state index in [1.807, 2.05) is 18.2 Å². The molecule has 2 rings (SSSR count). The Hall–Kier alpha value is -0.280. The highest BCUT2D eigenvalue weighted by atomic mass is 35.5. The molecular weight excluding hydrogens is 267 g/mol. The van der Waals surface area contributed by atoms with Gasteiger partial charge in [0.15, 0.2) is 0 Å². The Morgan fingerprint density at radius 3 is 2.89 bits per heavy atom. The summed E-state index contributed by atoms with van der Waals surface area (Å²) in [5, 5.41) is 8.53. The smallest absolute Gasteiger partial charge is 0.0468 e. The first-order chi connectivity index (χ1) is 8.66. The van der Waals surface area contributed by atoms with E-state index in [1.54, 1.807) is 0 Å². The Kier molecular flexibility index (Phi) is 5.31. The number of hydrogen-bond donors (Lipinski definition) is 2. The maximum Gasteiger partial charge on any atom is 0.0468 e. The molecule has 0 radical (unpaired) electrons. The summed E-state index contributed by atoms with van der Waals surface area (Å²) < 4.78 is 0. The van der Waals surface area contributed by atoms with Crippen LogP contribution in [-0.4, -0.2) is 19.1 Å². The average Bonchev–Trinajstić information content (AvgIpc) is 2.57. The Morgan fingerprint density at radius 1 is 1.28 bits per heavy atom. The molecule has 4 heteroatoms. The number of rotatable bonds is 3. The molecule has 0 aliphatic carbocycles. The summed E-state index contributed by atoms with van der Waals surface area (Å²) in [6.45, 7) is 4.39. The fourth-order valence-electron chi connectivity index (χ4n) is 2.48. The summed E-state index contributed by atoms with van der Waals surface area (Å²) in [5.41, 5.74) is 1.12. The van der Waals surface area contributed by atoms with Gasteiger partial charge in [0, 0.05) is 22.1 Å². The summed E-state index contributed by atoms with van der Waals surface area (Å²) in [5.74, 6) is 0. The molecule has 18 heavy (non-hydrogen) atoms. The van der Waals surface area contributed by atoms with Gasteiger partial charge >= 0.3 is 0 Å². The second-order valence-electron chi connectivity index (χ2n) is 4.93. The molecule has 1 aliphatic rings. The van der Waals surface area contributed by atoms with E-state index in [9.17, 15) is 0 Å². The zero-order valence-electron chi connectivity index (χ0n) is 10.7. The summed E-state index contributed by atoms with van der Waals surface area (Å²) in [6.07, 6.45) is 3.64. The van der Waals surface area contributed by atoms with Crippen LogP contribution in [0, 0.1) is 0 Å². The van der Waals surface area contributed by atoms with Crippen LogP contribution in [-0.2, 0) is 0 Å². The van der Waals surface area contributed by atoms with E-state index < -0.39 is 0 Å². The SMILES string of the molecule is CC(NC1CCCNCC1)c1ccc(Cl)cc1Cl. The van der Waals surface area contributed by atoms with Gasteiger partial charge in [-0.1, -0.05) is 29.3 Å². The maximum absolute atomic E-state index is 6.24. The second kappa shape index (κ2) is 6.76. The topological polar surface area (TPSA) is 24.1 Å². The molecule has 100 valence electrons. The van der Waals surface area contributed by atoms with Crippen molar-refractivity contribution >= 4 is 23.2 Å². The lowest BCUT2D eigenvalue weighted by atomic mass is 10.0. The van der Waals surface area contributed by atoms with Gasteiger partial charge in [-0.25, -0.2) is 0 Å². The largest absolute Gasteiger partial charge is 0.317 e. The minimum atomic E-state index is 0.262. The van der Waals surface area contributed by atoms with E-state index in [-0.39, 0.29) is 6.04 Å². The number of halogens is 2. The summed E-state index contributed by atoms with van der Waals surface area (Å²) in [6, 6.07) is 6.55. The highest BCUT2D eigenvalue weighted by Crippen LogP contribution is 2.26.